The van der Waals surface area contributed by atoms with Crippen LogP contribution in [0.5, 0.6) is 0 Å². The zero-order valence-corrected chi connectivity index (χ0v) is 12.5. The Labute approximate surface area is 118 Å². The molecule has 2 heterocycles. The third-order valence-electron chi connectivity index (χ3n) is 3.09. The monoisotopic (exact) mass is 276 g/mol. The molecule has 0 bridgehead atoms. The van der Waals surface area contributed by atoms with Crippen LogP contribution < -0.4 is 4.90 Å². The van der Waals surface area contributed by atoms with Crippen molar-refractivity contribution in [3.05, 3.63) is 24.2 Å². The number of fused-ring (bicyclic) bond motifs is 1. The SMILES string of the molecule is COC(=O)CN(C)c1nccn2nc(C(C)(C)C)cc12. The Hall–Kier alpha value is -2.11. The highest BCUT2D eigenvalue weighted by molar-refractivity contribution is 5.78. The van der Waals surface area contributed by atoms with Crippen molar-refractivity contribution < 1.29 is 9.53 Å². The smallest absolute Gasteiger partial charge is 0.325 e. The van der Waals surface area contributed by atoms with Crippen LogP contribution in [0, 0.1) is 0 Å². The van der Waals surface area contributed by atoms with Crippen LogP contribution >= 0.6 is 0 Å². The van der Waals surface area contributed by atoms with Gasteiger partial charge in [-0.3, -0.25) is 4.79 Å². The van der Waals surface area contributed by atoms with Crippen molar-refractivity contribution >= 4 is 17.3 Å². The second-order valence-corrected chi connectivity index (χ2v) is 5.79. The van der Waals surface area contributed by atoms with Crippen LogP contribution in [0.2, 0.25) is 0 Å². The van der Waals surface area contributed by atoms with E-state index in [2.05, 4.69) is 35.6 Å². The maximum absolute atomic E-state index is 11.4. The van der Waals surface area contributed by atoms with Gasteiger partial charge in [-0.2, -0.15) is 5.10 Å². The van der Waals surface area contributed by atoms with Gasteiger partial charge in [0.25, 0.3) is 0 Å². The number of anilines is 1. The van der Waals surface area contributed by atoms with Crippen LogP contribution in [0.15, 0.2) is 18.5 Å². The maximum atomic E-state index is 11.4. The lowest BCUT2D eigenvalue weighted by Gasteiger charge is -2.17. The average molecular weight is 276 g/mol. The van der Waals surface area contributed by atoms with Gasteiger partial charge >= 0.3 is 5.97 Å². The zero-order valence-electron chi connectivity index (χ0n) is 12.5. The van der Waals surface area contributed by atoms with Crippen molar-refractivity contribution in [2.24, 2.45) is 0 Å². The Bertz CT molecular complexity index is 628. The standard InChI is InChI=1S/C14H20N4O2/c1-14(2,3)11-8-10-13(15-6-7-18(10)16-11)17(4)9-12(19)20-5/h6-8H,9H2,1-5H3. The van der Waals surface area contributed by atoms with E-state index in [0.29, 0.717) is 5.82 Å². The molecule has 0 atom stereocenters. The van der Waals surface area contributed by atoms with Crippen LogP contribution in [0.3, 0.4) is 0 Å². The van der Waals surface area contributed by atoms with E-state index in [1.54, 1.807) is 21.8 Å². The predicted molar refractivity (Wildman–Crippen MR) is 77.0 cm³/mol. The minimum Gasteiger partial charge on any atom is -0.468 e. The van der Waals surface area contributed by atoms with Crippen LogP contribution in [0.1, 0.15) is 26.5 Å². The zero-order chi connectivity index (χ0) is 14.9. The van der Waals surface area contributed by atoms with E-state index in [9.17, 15) is 4.79 Å². The lowest BCUT2D eigenvalue weighted by Crippen LogP contribution is -2.27. The van der Waals surface area contributed by atoms with Gasteiger partial charge in [0.2, 0.25) is 0 Å². The Kier molecular flexibility index (Phi) is 3.65. The van der Waals surface area contributed by atoms with Crippen molar-refractivity contribution in [1.82, 2.24) is 14.6 Å². The number of nitrogens with zero attached hydrogens (tertiary/aromatic N) is 4. The molecule has 0 unspecified atom stereocenters. The molecule has 0 amide bonds. The first-order valence-corrected chi connectivity index (χ1v) is 6.45. The minimum atomic E-state index is -0.299. The Balaban J connectivity index is 2.44. The molecule has 0 saturated carbocycles. The molecule has 0 saturated heterocycles. The topological polar surface area (TPSA) is 59.7 Å². The summed E-state index contributed by atoms with van der Waals surface area (Å²) in [5, 5.41) is 4.56. The molecular weight excluding hydrogens is 256 g/mol. The summed E-state index contributed by atoms with van der Waals surface area (Å²) in [4.78, 5) is 17.5. The molecule has 2 aromatic rings. The number of rotatable bonds is 3. The molecule has 0 aliphatic carbocycles. The summed E-state index contributed by atoms with van der Waals surface area (Å²) in [5.74, 6) is 0.410. The summed E-state index contributed by atoms with van der Waals surface area (Å²) < 4.78 is 6.47. The molecular formula is C14H20N4O2. The fourth-order valence-electron chi connectivity index (χ4n) is 1.90. The van der Waals surface area contributed by atoms with E-state index in [1.807, 2.05) is 13.1 Å². The van der Waals surface area contributed by atoms with Crippen LogP contribution in [-0.4, -0.2) is 41.3 Å². The lowest BCUT2D eigenvalue weighted by molar-refractivity contribution is -0.138. The molecule has 0 aliphatic heterocycles. The minimum absolute atomic E-state index is 0.0375. The Morgan fingerprint density at radius 1 is 1.45 bits per heavy atom. The summed E-state index contributed by atoms with van der Waals surface area (Å²) in [7, 11) is 3.18. The van der Waals surface area contributed by atoms with Crippen molar-refractivity contribution in [3.8, 4) is 0 Å². The number of hydrogen-bond acceptors (Lipinski definition) is 5. The quantitative estimate of drug-likeness (QED) is 0.798. The van der Waals surface area contributed by atoms with E-state index in [1.165, 1.54) is 7.11 Å². The van der Waals surface area contributed by atoms with E-state index < -0.39 is 0 Å². The Morgan fingerprint density at radius 2 is 2.15 bits per heavy atom. The van der Waals surface area contributed by atoms with Crippen molar-refractivity contribution in [2.45, 2.75) is 26.2 Å². The average Bonchev–Trinajstić information content (AvgIpc) is 2.81. The Morgan fingerprint density at radius 3 is 2.75 bits per heavy atom. The molecule has 0 fully saturated rings. The first-order chi connectivity index (χ1) is 9.32. The lowest BCUT2D eigenvalue weighted by atomic mass is 9.92. The summed E-state index contributed by atoms with van der Waals surface area (Å²) in [6.07, 6.45) is 3.48. The molecule has 6 nitrogen and oxygen atoms in total. The van der Waals surface area contributed by atoms with E-state index in [0.717, 1.165) is 11.2 Å². The van der Waals surface area contributed by atoms with Gasteiger partial charge in [0.05, 0.1) is 12.8 Å². The second kappa shape index (κ2) is 5.11. The number of ether oxygens (including phenoxy) is 1. The molecule has 0 radical (unpaired) electrons. The molecule has 20 heavy (non-hydrogen) atoms. The number of hydrogen-bond donors (Lipinski definition) is 0. The number of carbonyl (C=O) groups is 1. The first-order valence-electron chi connectivity index (χ1n) is 6.45. The van der Waals surface area contributed by atoms with Gasteiger partial charge in [-0.15, -0.1) is 0 Å². The second-order valence-electron chi connectivity index (χ2n) is 5.79. The maximum Gasteiger partial charge on any atom is 0.325 e. The largest absolute Gasteiger partial charge is 0.468 e. The highest BCUT2D eigenvalue weighted by atomic mass is 16.5. The van der Waals surface area contributed by atoms with Gasteiger partial charge in [0, 0.05) is 24.9 Å². The van der Waals surface area contributed by atoms with Crippen molar-refractivity contribution in [1.29, 1.82) is 0 Å². The van der Waals surface area contributed by atoms with Gasteiger partial charge in [-0.05, 0) is 6.07 Å². The van der Waals surface area contributed by atoms with E-state index in [-0.39, 0.29) is 17.9 Å². The fraction of sp³-hybridized carbons (Fsp3) is 0.500. The third kappa shape index (κ3) is 2.74. The van der Waals surface area contributed by atoms with Crippen LogP contribution in [0.25, 0.3) is 5.52 Å². The molecule has 0 aliphatic rings. The molecule has 0 spiro atoms. The first kappa shape index (κ1) is 14.3. The fourth-order valence-corrected chi connectivity index (χ4v) is 1.90. The summed E-state index contributed by atoms with van der Waals surface area (Å²) >= 11 is 0. The molecule has 2 aromatic heterocycles. The molecule has 0 N–H and O–H groups in total. The number of carbonyl (C=O) groups excluding carboxylic acids is 1. The van der Waals surface area contributed by atoms with Gasteiger partial charge in [-0.25, -0.2) is 9.50 Å². The summed E-state index contributed by atoms with van der Waals surface area (Å²) in [5.41, 5.74) is 1.83. The molecule has 108 valence electrons. The molecule has 6 heteroatoms. The van der Waals surface area contributed by atoms with Crippen molar-refractivity contribution in [2.75, 3.05) is 25.6 Å². The van der Waals surface area contributed by atoms with E-state index in [4.69, 9.17) is 0 Å². The predicted octanol–water partition coefficient (Wildman–Crippen LogP) is 1.64. The normalized spacial score (nSPS) is 11.7. The van der Waals surface area contributed by atoms with Gasteiger partial charge in [0.1, 0.15) is 12.1 Å². The third-order valence-corrected chi connectivity index (χ3v) is 3.09. The van der Waals surface area contributed by atoms with Crippen LogP contribution in [0.4, 0.5) is 5.82 Å². The van der Waals surface area contributed by atoms with Gasteiger partial charge < -0.3 is 9.64 Å². The highest BCUT2D eigenvalue weighted by Gasteiger charge is 2.20. The van der Waals surface area contributed by atoms with Gasteiger partial charge in [-0.1, -0.05) is 20.8 Å². The number of esters is 1. The van der Waals surface area contributed by atoms with E-state index >= 15 is 0 Å². The van der Waals surface area contributed by atoms with Crippen molar-refractivity contribution in [3.63, 3.8) is 0 Å². The number of likely N-dealkylation sites (N-methyl/N-ethyl adjacent to an activating group) is 1. The van der Waals surface area contributed by atoms with Crippen LogP contribution in [-0.2, 0) is 14.9 Å². The summed E-state index contributed by atoms with van der Waals surface area (Å²) in [6, 6.07) is 2.01. The summed E-state index contributed by atoms with van der Waals surface area (Å²) in [6.45, 7) is 6.49. The molecule has 0 aromatic carbocycles. The highest BCUT2D eigenvalue weighted by Crippen LogP contribution is 2.25. The molecule has 2 rings (SSSR count). The van der Waals surface area contributed by atoms with Gasteiger partial charge in [0.15, 0.2) is 5.82 Å². The number of methoxy groups -OCH3 is 1. The number of aromatic nitrogens is 3.